The van der Waals surface area contributed by atoms with Crippen molar-refractivity contribution in [2.45, 2.75) is 25.0 Å². The average Bonchev–Trinajstić information content (AvgIpc) is 3.15. The van der Waals surface area contributed by atoms with Crippen molar-refractivity contribution in [1.29, 1.82) is 0 Å². The third-order valence-electron chi connectivity index (χ3n) is 4.73. The van der Waals surface area contributed by atoms with Crippen LogP contribution in [-0.2, 0) is 17.8 Å². The van der Waals surface area contributed by atoms with Gasteiger partial charge in [0.2, 0.25) is 5.91 Å². The van der Waals surface area contributed by atoms with Gasteiger partial charge in [-0.2, -0.15) is 0 Å². The number of anilines is 1. The average molecular weight is 403 g/mol. The molecule has 4 aromatic rings. The van der Waals surface area contributed by atoms with Gasteiger partial charge in [0.1, 0.15) is 5.82 Å². The van der Waals surface area contributed by atoms with Gasteiger partial charge in [-0.05, 0) is 35.4 Å². The van der Waals surface area contributed by atoms with Gasteiger partial charge in [-0.3, -0.25) is 4.79 Å². The molecule has 0 saturated heterocycles. The third-order valence-corrected chi connectivity index (χ3v) is 5.69. The first-order valence-corrected chi connectivity index (χ1v) is 10.6. The van der Waals surface area contributed by atoms with E-state index in [0.29, 0.717) is 12.2 Å². The highest BCUT2D eigenvalue weighted by Crippen LogP contribution is 2.23. The van der Waals surface area contributed by atoms with Gasteiger partial charge in [0.25, 0.3) is 0 Å². The van der Waals surface area contributed by atoms with Gasteiger partial charge in [-0.25, -0.2) is 0 Å². The zero-order valence-corrected chi connectivity index (χ0v) is 17.0. The highest BCUT2D eigenvalue weighted by Gasteiger charge is 2.14. The van der Waals surface area contributed by atoms with E-state index in [-0.39, 0.29) is 5.91 Å². The fourth-order valence-corrected chi connectivity index (χ4v) is 4.16. The van der Waals surface area contributed by atoms with Crippen molar-refractivity contribution in [3.05, 3.63) is 84.2 Å². The zero-order valence-electron chi connectivity index (χ0n) is 16.2. The smallest absolute Gasteiger partial charge is 0.234 e. The van der Waals surface area contributed by atoms with Crippen molar-refractivity contribution in [2.24, 2.45) is 0 Å². The molecular weight excluding hydrogens is 380 g/mol. The predicted octanol–water partition coefficient (Wildman–Crippen LogP) is 4.77. The van der Waals surface area contributed by atoms with Crippen LogP contribution < -0.4 is 5.32 Å². The third kappa shape index (κ3) is 4.49. The molecule has 5 nitrogen and oxygen atoms in total. The second kappa shape index (κ2) is 8.92. The fraction of sp³-hybridized carbons (Fsp3) is 0.174. The Morgan fingerprint density at radius 3 is 2.55 bits per heavy atom. The van der Waals surface area contributed by atoms with Crippen LogP contribution in [0.5, 0.6) is 0 Å². The normalized spacial score (nSPS) is 10.9. The molecule has 0 aliphatic rings. The fourth-order valence-electron chi connectivity index (χ4n) is 3.34. The lowest BCUT2D eigenvalue weighted by Gasteiger charge is -2.09. The van der Waals surface area contributed by atoms with Crippen molar-refractivity contribution < 1.29 is 4.79 Å². The van der Waals surface area contributed by atoms with Gasteiger partial charge in [-0.1, -0.05) is 72.4 Å². The topological polar surface area (TPSA) is 59.8 Å². The van der Waals surface area contributed by atoms with Gasteiger partial charge in [0.05, 0.1) is 5.75 Å². The monoisotopic (exact) mass is 402 g/mol. The summed E-state index contributed by atoms with van der Waals surface area (Å²) < 4.78 is 2.09. The Bertz CT molecular complexity index is 1120. The molecule has 0 spiro atoms. The van der Waals surface area contributed by atoms with Crippen molar-refractivity contribution in [3.8, 4) is 0 Å². The summed E-state index contributed by atoms with van der Waals surface area (Å²) in [6.45, 7) is 2.83. The van der Waals surface area contributed by atoms with Crippen LogP contribution in [0.4, 0.5) is 5.69 Å². The Hall–Kier alpha value is -3.12. The zero-order chi connectivity index (χ0) is 20.1. The SMILES string of the molecule is CCn1c(Cc2cccc3ccccc23)nnc1SCC(=O)Nc1ccccc1. The minimum atomic E-state index is -0.0533. The molecule has 1 heterocycles. The van der Waals surface area contributed by atoms with E-state index in [1.807, 2.05) is 30.3 Å². The van der Waals surface area contributed by atoms with Crippen LogP contribution in [0.15, 0.2) is 78.0 Å². The molecule has 1 aromatic heterocycles. The predicted molar refractivity (Wildman–Crippen MR) is 118 cm³/mol. The minimum absolute atomic E-state index is 0.0533. The van der Waals surface area contributed by atoms with Crippen LogP contribution in [0.25, 0.3) is 10.8 Å². The Kier molecular flexibility index (Phi) is 5.91. The number of rotatable bonds is 7. The molecule has 29 heavy (non-hydrogen) atoms. The highest BCUT2D eigenvalue weighted by molar-refractivity contribution is 7.99. The van der Waals surface area contributed by atoms with E-state index >= 15 is 0 Å². The Balaban J connectivity index is 1.47. The van der Waals surface area contributed by atoms with Gasteiger partial charge in [0.15, 0.2) is 5.16 Å². The molecule has 0 aliphatic carbocycles. The first-order valence-electron chi connectivity index (χ1n) is 9.61. The summed E-state index contributed by atoms with van der Waals surface area (Å²) in [5, 5.41) is 14.9. The van der Waals surface area contributed by atoms with E-state index in [0.717, 1.165) is 23.2 Å². The number of carbonyl (C=O) groups excluding carboxylic acids is 1. The molecule has 0 atom stereocenters. The van der Waals surface area contributed by atoms with E-state index in [1.54, 1.807) is 0 Å². The second-order valence-electron chi connectivity index (χ2n) is 6.66. The number of carbonyl (C=O) groups is 1. The van der Waals surface area contributed by atoms with Gasteiger partial charge in [-0.15, -0.1) is 10.2 Å². The van der Waals surface area contributed by atoms with Crippen LogP contribution >= 0.6 is 11.8 Å². The van der Waals surface area contributed by atoms with E-state index in [9.17, 15) is 4.79 Å². The molecular formula is C23H22N4OS. The molecule has 0 bridgehead atoms. The molecule has 0 fully saturated rings. The van der Waals surface area contributed by atoms with Crippen LogP contribution in [0.3, 0.4) is 0 Å². The maximum Gasteiger partial charge on any atom is 0.234 e. The maximum atomic E-state index is 12.2. The quantitative estimate of drug-likeness (QED) is 0.452. The van der Waals surface area contributed by atoms with E-state index < -0.39 is 0 Å². The molecule has 1 N–H and O–H groups in total. The molecule has 4 rings (SSSR count). The van der Waals surface area contributed by atoms with Crippen molar-refractivity contribution in [1.82, 2.24) is 14.8 Å². The number of nitrogens with zero attached hydrogens (tertiary/aromatic N) is 3. The highest BCUT2D eigenvalue weighted by atomic mass is 32.2. The van der Waals surface area contributed by atoms with E-state index in [1.165, 1.54) is 28.1 Å². The van der Waals surface area contributed by atoms with Crippen LogP contribution in [-0.4, -0.2) is 26.4 Å². The van der Waals surface area contributed by atoms with Crippen LogP contribution in [0, 0.1) is 0 Å². The number of fused-ring (bicyclic) bond motifs is 1. The van der Waals surface area contributed by atoms with Gasteiger partial charge in [0, 0.05) is 18.7 Å². The summed E-state index contributed by atoms with van der Waals surface area (Å²) in [6.07, 6.45) is 0.707. The number of thioether (sulfide) groups is 1. The Labute approximate surface area is 174 Å². The molecule has 0 radical (unpaired) electrons. The number of aromatic nitrogens is 3. The first kappa shape index (κ1) is 19.2. The molecule has 0 saturated carbocycles. The lowest BCUT2D eigenvalue weighted by Crippen LogP contribution is -2.14. The van der Waals surface area contributed by atoms with E-state index in [2.05, 4.69) is 69.5 Å². The standard InChI is InChI=1S/C23H22N4OS/c1-2-27-21(15-18-11-8-10-17-9-6-7-14-20(17)18)25-26-23(27)29-16-22(28)24-19-12-4-3-5-13-19/h3-14H,2,15-16H2,1H3,(H,24,28). The number of benzene rings is 3. The summed E-state index contributed by atoms with van der Waals surface area (Å²) in [4.78, 5) is 12.2. The number of amides is 1. The van der Waals surface area contributed by atoms with Gasteiger partial charge >= 0.3 is 0 Å². The molecule has 6 heteroatoms. The lowest BCUT2D eigenvalue weighted by atomic mass is 10.0. The first-order chi connectivity index (χ1) is 14.2. The van der Waals surface area contributed by atoms with Crippen molar-refractivity contribution >= 4 is 34.1 Å². The molecule has 0 unspecified atom stereocenters. The second-order valence-corrected chi connectivity index (χ2v) is 7.60. The van der Waals surface area contributed by atoms with Crippen LogP contribution in [0.2, 0.25) is 0 Å². The molecule has 146 valence electrons. The summed E-state index contributed by atoms with van der Waals surface area (Å²) in [5.41, 5.74) is 2.02. The minimum Gasteiger partial charge on any atom is -0.325 e. The van der Waals surface area contributed by atoms with Crippen molar-refractivity contribution in [2.75, 3.05) is 11.1 Å². The molecule has 3 aromatic carbocycles. The van der Waals surface area contributed by atoms with Crippen molar-refractivity contribution in [3.63, 3.8) is 0 Å². The summed E-state index contributed by atoms with van der Waals surface area (Å²) in [7, 11) is 0. The Morgan fingerprint density at radius 2 is 1.72 bits per heavy atom. The number of nitrogens with one attached hydrogen (secondary N) is 1. The Morgan fingerprint density at radius 1 is 0.966 bits per heavy atom. The lowest BCUT2D eigenvalue weighted by molar-refractivity contribution is -0.113. The molecule has 0 aliphatic heterocycles. The number of hydrogen-bond acceptors (Lipinski definition) is 4. The molecule has 1 amide bonds. The summed E-state index contributed by atoms with van der Waals surface area (Å²) in [5.74, 6) is 1.15. The number of hydrogen-bond donors (Lipinski definition) is 1. The van der Waals surface area contributed by atoms with Crippen LogP contribution in [0.1, 0.15) is 18.3 Å². The van der Waals surface area contributed by atoms with Gasteiger partial charge < -0.3 is 9.88 Å². The largest absolute Gasteiger partial charge is 0.325 e. The maximum absolute atomic E-state index is 12.2. The van der Waals surface area contributed by atoms with E-state index in [4.69, 9.17) is 0 Å². The summed E-state index contributed by atoms with van der Waals surface area (Å²) >= 11 is 1.41. The summed E-state index contributed by atoms with van der Waals surface area (Å²) in [6, 6.07) is 24.2. The number of para-hydroxylation sites is 1.